The zero-order valence-electron chi connectivity index (χ0n) is 11.0. The highest BCUT2D eigenvalue weighted by Gasteiger charge is 2.21. The second-order valence-corrected chi connectivity index (χ2v) is 4.90. The van der Waals surface area contributed by atoms with Gasteiger partial charge in [-0.05, 0) is 38.5 Å². The van der Waals surface area contributed by atoms with Gasteiger partial charge in [0.2, 0.25) is 0 Å². The maximum absolute atomic E-state index is 11.7. The van der Waals surface area contributed by atoms with Crippen LogP contribution in [0.3, 0.4) is 0 Å². The summed E-state index contributed by atoms with van der Waals surface area (Å²) in [5.41, 5.74) is 1.48. The maximum atomic E-state index is 11.7. The Morgan fingerprint density at radius 1 is 1.32 bits per heavy atom. The van der Waals surface area contributed by atoms with E-state index in [4.69, 9.17) is 16.7 Å². The van der Waals surface area contributed by atoms with E-state index in [0.717, 1.165) is 5.56 Å². The van der Waals surface area contributed by atoms with Crippen molar-refractivity contribution in [2.45, 2.75) is 26.8 Å². The Hall–Kier alpha value is -1.75. The highest BCUT2D eigenvalue weighted by atomic mass is 35.5. The lowest BCUT2D eigenvalue weighted by Crippen LogP contribution is -2.42. The van der Waals surface area contributed by atoms with Gasteiger partial charge in [-0.3, -0.25) is 4.79 Å². The van der Waals surface area contributed by atoms with Gasteiger partial charge in [-0.2, -0.15) is 0 Å². The van der Waals surface area contributed by atoms with Crippen LogP contribution >= 0.6 is 11.6 Å². The summed E-state index contributed by atoms with van der Waals surface area (Å²) in [4.78, 5) is 22.5. The second-order valence-electron chi connectivity index (χ2n) is 4.50. The first-order valence-electron chi connectivity index (χ1n) is 5.87. The molecular formula is C13H17ClN2O3. The number of carboxylic acid groups (broad SMARTS) is 1. The average Bonchev–Trinajstić information content (AvgIpc) is 2.31. The second kappa shape index (κ2) is 6.43. The van der Waals surface area contributed by atoms with Crippen LogP contribution < -0.4 is 10.6 Å². The van der Waals surface area contributed by atoms with Crippen molar-refractivity contribution in [3.63, 3.8) is 0 Å². The van der Waals surface area contributed by atoms with Gasteiger partial charge < -0.3 is 15.7 Å². The number of anilines is 1. The Kier molecular flexibility index (Phi) is 5.18. The lowest BCUT2D eigenvalue weighted by molar-refractivity contribution is -0.141. The number of nitrogens with one attached hydrogen (secondary N) is 2. The number of carbonyl (C=O) groups is 2. The van der Waals surface area contributed by atoms with Crippen molar-refractivity contribution in [3.8, 4) is 0 Å². The van der Waals surface area contributed by atoms with E-state index < -0.39 is 24.0 Å². The van der Waals surface area contributed by atoms with E-state index in [-0.39, 0.29) is 0 Å². The zero-order valence-corrected chi connectivity index (χ0v) is 11.8. The third-order valence-electron chi connectivity index (χ3n) is 2.87. The van der Waals surface area contributed by atoms with Crippen molar-refractivity contribution in [3.05, 3.63) is 28.8 Å². The summed E-state index contributed by atoms with van der Waals surface area (Å²) in [6, 6.07) is 4.29. The van der Waals surface area contributed by atoms with Gasteiger partial charge in [0.15, 0.2) is 0 Å². The summed E-state index contributed by atoms with van der Waals surface area (Å²) in [5.74, 6) is -1.62. The highest BCUT2D eigenvalue weighted by molar-refractivity contribution is 6.33. The number of urea groups is 1. The van der Waals surface area contributed by atoms with Gasteiger partial charge in [0, 0.05) is 6.04 Å². The number of benzene rings is 1. The first kappa shape index (κ1) is 15.3. The molecule has 1 rings (SSSR count). The van der Waals surface area contributed by atoms with Crippen LogP contribution in [0.5, 0.6) is 0 Å². The summed E-state index contributed by atoms with van der Waals surface area (Å²) in [6.45, 7) is 5.06. The van der Waals surface area contributed by atoms with Crippen LogP contribution in [-0.2, 0) is 4.79 Å². The molecule has 0 saturated heterocycles. The molecule has 104 valence electrons. The molecule has 0 saturated carbocycles. The zero-order chi connectivity index (χ0) is 14.6. The molecule has 19 heavy (non-hydrogen) atoms. The number of hydrogen-bond donors (Lipinski definition) is 3. The van der Waals surface area contributed by atoms with E-state index in [9.17, 15) is 9.59 Å². The fraction of sp³-hybridized carbons (Fsp3) is 0.385. The molecule has 1 aromatic rings. The molecule has 2 amide bonds. The van der Waals surface area contributed by atoms with E-state index >= 15 is 0 Å². The van der Waals surface area contributed by atoms with E-state index in [0.29, 0.717) is 10.7 Å². The van der Waals surface area contributed by atoms with Crippen LogP contribution in [0.15, 0.2) is 18.2 Å². The van der Waals surface area contributed by atoms with Gasteiger partial charge in [0.05, 0.1) is 16.6 Å². The molecule has 0 spiro atoms. The van der Waals surface area contributed by atoms with E-state index in [2.05, 4.69) is 10.6 Å². The van der Waals surface area contributed by atoms with Gasteiger partial charge in [-0.15, -0.1) is 0 Å². The first-order chi connectivity index (χ1) is 8.81. The van der Waals surface area contributed by atoms with Crippen LogP contribution in [0.1, 0.15) is 19.4 Å². The SMILES string of the molecule is Cc1ccc(NC(=O)NC(C)C(C)C(=O)O)c(Cl)c1. The molecule has 0 bridgehead atoms. The lowest BCUT2D eigenvalue weighted by atomic mass is 10.0. The van der Waals surface area contributed by atoms with Crippen LogP contribution in [0.4, 0.5) is 10.5 Å². The quantitative estimate of drug-likeness (QED) is 0.795. The summed E-state index contributed by atoms with van der Waals surface area (Å²) >= 11 is 5.99. The lowest BCUT2D eigenvalue weighted by Gasteiger charge is -2.18. The number of aliphatic carboxylic acids is 1. The molecule has 6 heteroatoms. The number of aryl methyl sites for hydroxylation is 1. The van der Waals surface area contributed by atoms with Crippen molar-refractivity contribution in [1.29, 1.82) is 0 Å². The largest absolute Gasteiger partial charge is 0.481 e. The minimum absolute atomic E-state index is 0.439. The third-order valence-corrected chi connectivity index (χ3v) is 3.18. The molecule has 1 aromatic carbocycles. The molecule has 2 unspecified atom stereocenters. The first-order valence-corrected chi connectivity index (χ1v) is 6.25. The van der Waals surface area contributed by atoms with Crippen molar-refractivity contribution >= 4 is 29.3 Å². The fourth-order valence-electron chi connectivity index (χ4n) is 1.43. The van der Waals surface area contributed by atoms with E-state index in [1.807, 2.05) is 13.0 Å². The van der Waals surface area contributed by atoms with E-state index in [1.165, 1.54) is 6.92 Å². The van der Waals surface area contributed by atoms with Crippen molar-refractivity contribution in [2.24, 2.45) is 5.92 Å². The summed E-state index contributed by atoms with van der Waals surface area (Å²) < 4.78 is 0. The van der Waals surface area contributed by atoms with E-state index in [1.54, 1.807) is 19.1 Å². The number of rotatable bonds is 4. The summed E-state index contributed by atoms with van der Waals surface area (Å²) in [5, 5.41) is 14.4. The predicted molar refractivity (Wildman–Crippen MR) is 74.6 cm³/mol. The molecule has 0 fully saturated rings. The third kappa shape index (κ3) is 4.44. The molecule has 0 radical (unpaired) electrons. The Balaban J connectivity index is 2.63. The molecule has 3 N–H and O–H groups in total. The smallest absolute Gasteiger partial charge is 0.319 e. The molecule has 0 aliphatic rings. The van der Waals surface area contributed by atoms with Crippen LogP contribution in [0, 0.1) is 12.8 Å². The number of hydrogen-bond acceptors (Lipinski definition) is 2. The highest BCUT2D eigenvalue weighted by Crippen LogP contribution is 2.22. The maximum Gasteiger partial charge on any atom is 0.319 e. The molecule has 0 aromatic heterocycles. The van der Waals surface area contributed by atoms with Gasteiger partial charge in [0.25, 0.3) is 0 Å². The Morgan fingerprint density at radius 3 is 2.47 bits per heavy atom. The molecule has 0 aliphatic heterocycles. The molecule has 5 nitrogen and oxygen atoms in total. The monoisotopic (exact) mass is 284 g/mol. The van der Waals surface area contributed by atoms with Crippen molar-refractivity contribution in [2.75, 3.05) is 5.32 Å². The fourth-order valence-corrected chi connectivity index (χ4v) is 1.71. The Morgan fingerprint density at radius 2 is 1.95 bits per heavy atom. The molecular weight excluding hydrogens is 268 g/mol. The summed E-state index contributed by atoms with van der Waals surface area (Å²) in [7, 11) is 0. The Bertz CT molecular complexity index is 491. The molecule has 2 atom stereocenters. The van der Waals surface area contributed by atoms with Gasteiger partial charge in [0.1, 0.15) is 0 Å². The van der Waals surface area contributed by atoms with Crippen molar-refractivity contribution in [1.82, 2.24) is 5.32 Å². The van der Waals surface area contributed by atoms with Gasteiger partial charge >= 0.3 is 12.0 Å². The van der Waals surface area contributed by atoms with Gasteiger partial charge in [-0.25, -0.2) is 4.79 Å². The minimum Gasteiger partial charge on any atom is -0.481 e. The van der Waals surface area contributed by atoms with Crippen LogP contribution in [-0.4, -0.2) is 23.1 Å². The number of carboxylic acids is 1. The van der Waals surface area contributed by atoms with Crippen LogP contribution in [0.25, 0.3) is 0 Å². The number of amides is 2. The Labute approximate surface area is 117 Å². The minimum atomic E-state index is -0.957. The number of carbonyl (C=O) groups excluding carboxylic acids is 1. The topological polar surface area (TPSA) is 78.4 Å². The average molecular weight is 285 g/mol. The standard InChI is InChI=1S/C13H17ClN2O3/c1-7-4-5-11(10(14)6-7)16-13(19)15-9(3)8(2)12(17)18/h4-6,8-9H,1-3H3,(H,17,18)(H2,15,16,19). The normalized spacial score (nSPS) is 13.5. The molecule has 0 aliphatic carbocycles. The number of halogens is 1. The summed E-state index contributed by atoms with van der Waals surface area (Å²) in [6.07, 6.45) is 0. The van der Waals surface area contributed by atoms with Gasteiger partial charge in [-0.1, -0.05) is 17.7 Å². The van der Waals surface area contributed by atoms with Crippen molar-refractivity contribution < 1.29 is 14.7 Å². The van der Waals surface area contributed by atoms with Crippen LogP contribution in [0.2, 0.25) is 5.02 Å². The predicted octanol–water partition coefficient (Wildman–Crippen LogP) is 2.88. The molecule has 0 heterocycles.